The number of unbranched alkanes of at least 4 members (excludes halogenated alkanes) is 2. The van der Waals surface area contributed by atoms with Gasteiger partial charge in [-0.25, -0.2) is 0 Å². The highest BCUT2D eigenvalue weighted by Gasteiger charge is 2.20. The fourth-order valence-electron chi connectivity index (χ4n) is 4.11. The Bertz CT molecular complexity index is 531. The molecule has 0 aromatic carbocycles. The molecule has 2 aliphatic heterocycles. The smallest absolute Gasteiger partial charge is 0.191 e. The maximum Gasteiger partial charge on any atom is 0.191 e. The third-order valence-corrected chi connectivity index (χ3v) is 6.70. The molecule has 0 saturated carbocycles. The summed E-state index contributed by atoms with van der Waals surface area (Å²) >= 11 is 1.84. The standard InChI is InChI=1S/C21H37N5S/c1-22-21(23-12-4-2-5-13-25-14-6-3-7-15-25)24-19-10-16-26(17-11-19)20-9-8-18-27-20/h8-9,18-19H,2-7,10-17H2,1H3,(H2,22,23,24). The Hall–Kier alpha value is -1.27. The third-order valence-electron chi connectivity index (χ3n) is 5.77. The second kappa shape index (κ2) is 11.5. The lowest BCUT2D eigenvalue weighted by Crippen LogP contribution is -2.48. The quantitative estimate of drug-likeness (QED) is 0.404. The molecule has 5 nitrogen and oxygen atoms in total. The van der Waals surface area contributed by atoms with Crippen LogP contribution in [0.5, 0.6) is 0 Å². The van der Waals surface area contributed by atoms with Crippen molar-refractivity contribution in [2.24, 2.45) is 4.99 Å². The van der Waals surface area contributed by atoms with Gasteiger partial charge >= 0.3 is 0 Å². The van der Waals surface area contributed by atoms with Crippen molar-refractivity contribution in [1.29, 1.82) is 0 Å². The van der Waals surface area contributed by atoms with Crippen molar-refractivity contribution in [3.8, 4) is 0 Å². The summed E-state index contributed by atoms with van der Waals surface area (Å²) in [6.45, 7) is 7.21. The van der Waals surface area contributed by atoms with Crippen molar-refractivity contribution in [2.45, 2.75) is 57.4 Å². The molecule has 1 aromatic heterocycles. The number of anilines is 1. The van der Waals surface area contributed by atoms with E-state index in [0.717, 1.165) is 25.6 Å². The molecule has 3 heterocycles. The Kier molecular flexibility index (Phi) is 8.75. The van der Waals surface area contributed by atoms with E-state index in [0.29, 0.717) is 6.04 Å². The van der Waals surface area contributed by atoms with Gasteiger partial charge < -0.3 is 20.4 Å². The minimum absolute atomic E-state index is 0.534. The van der Waals surface area contributed by atoms with Crippen molar-refractivity contribution >= 4 is 22.3 Å². The van der Waals surface area contributed by atoms with Crippen LogP contribution in [0.1, 0.15) is 51.4 Å². The molecule has 1 aromatic rings. The highest BCUT2D eigenvalue weighted by molar-refractivity contribution is 7.14. The molecular weight excluding hydrogens is 354 g/mol. The number of nitrogens with one attached hydrogen (secondary N) is 2. The van der Waals surface area contributed by atoms with Crippen molar-refractivity contribution < 1.29 is 0 Å². The summed E-state index contributed by atoms with van der Waals surface area (Å²) in [5, 5.41) is 10.7. The average molecular weight is 392 g/mol. The van der Waals surface area contributed by atoms with Gasteiger partial charge in [0, 0.05) is 32.7 Å². The molecule has 152 valence electrons. The van der Waals surface area contributed by atoms with Crippen LogP contribution in [0.3, 0.4) is 0 Å². The maximum atomic E-state index is 4.42. The molecule has 0 unspecified atom stereocenters. The summed E-state index contributed by atoms with van der Waals surface area (Å²) in [5.74, 6) is 0.973. The van der Waals surface area contributed by atoms with E-state index in [2.05, 4.69) is 42.9 Å². The Labute approximate surface area is 169 Å². The summed E-state index contributed by atoms with van der Waals surface area (Å²) in [6, 6.07) is 4.90. The lowest BCUT2D eigenvalue weighted by Gasteiger charge is -2.33. The number of piperidine rings is 2. The third kappa shape index (κ3) is 7.00. The first kappa shape index (κ1) is 20.5. The van der Waals surface area contributed by atoms with Gasteiger partial charge in [-0.3, -0.25) is 4.99 Å². The second-order valence-electron chi connectivity index (χ2n) is 7.82. The molecule has 3 rings (SSSR count). The van der Waals surface area contributed by atoms with Gasteiger partial charge in [0.05, 0.1) is 5.00 Å². The summed E-state index contributed by atoms with van der Waals surface area (Å²) < 4.78 is 0. The predicted molar refractivity (Wildman–Crippen MR) is 118 cm³/mol. The monoisotopic (exact) mass is 391 g/mol. The minimum Gasteiger partial charge on any atom is -0.363 e. The number of aliphatic imine (C=N–C) groups is 1. The number of hydrogen-bond acceptors (Lipinski definition) is 4. The normalized spacial score (nSPS) is 20.0. The van der Waals surface area contributed by atoms with E-state index in [1.165, 1.54) is 76.0 Å². The molecule has 27 heavy (non-hydrogen) atoms. The van der Waals surface area contributed by atoms with Gasteiger partial charge in [-0.15, -0.1) is 11.3 Å². The number of nitrogens with zero attached hydrogens (tertiary/aromatic N) is 3. The van der Waals surface area contributed by atoms with E-state index >= 15 is 0 Å². The van der Waals surface area contributed by atoms with Crippen LogP contribution in [0.15, 0.2) is 22.5 Å². The van der Waals surface area contributed by atoms with E-state index in [4.69, 9.17) is 0 Å². The topological polar surface area (TPSA) is 42.9 Å². The van der Waals surface area contributed by atoms with E-state index in [-0.39, 0.29) is 0 Å². The van der Waals surface area contributed by atoms with Gasteiger partial charge in [0.15, 0.2) is 5.96 Å². The van der Waals surface area contributed by atoms with Gasteiger partial charge in [0.2, 0.25) is 0 Å². The molecule has 0 bridgehead atoms. The van der Waals surface area contributed by atoms with E-state index < -0.39 is 0 Å². The van der Waals surface area contributed by atoms with Gasteiger partial charge in [0.1, 0.15) is 0 Å². The zero-order valence-electron chi connectivity index (χ0n) is 17.0. The Morgan fingerprint density at radius 3 is 2.63 bits per heavy atom. The zero-order valence-corrected chi connectivity index (χ0v) is 17.8. The molecule has 2 fully saturated rings. The fraction of sp³-hybridized carbons (Fsp3) is 0.762. The van der Waals surface area contributed by atoms with Crippen LogP contribution < -0.4 is 15.5 Å². The second-order valence-corrected chi connectivity index (χ2v) is 8.75. The SMILES string of the molecule is CN=C(NCCCCCN1CCCCC1)NC1CCN(c2cccs2)CC1. The molecule has 0 radical (unpaired) electrons. The molecule has 6 heteroatoms. The summed E-state index contributed by atoms with van der Waals surface area (Å²) in [4.78, 5) is 9.56. The van der Waals surface area contributed by atoms with Gasteiger partial charge in [-0.1, -0.05) is 12.8 Å². The Morgan fingerprint density at radius 2 is 1.93 bits per heavy atom. The fourth-order valence-corrected chi connectivity index (χ4v) is 4.89. The van der Waals surface area contributed by atoms with Crippen LogP contribution in [0.2, 0.25) is 0 Å². The predicted octanol–water partition coefficient (Wildman–Crippen LogP) is 3.54. The summed E-state index contributed by atoms with van der Waals surface area (Å²) in [6.07, 6.45) is 10.4. The molecule has 0 atom stereocenters. The van der Waals surface area contributed by atoms with E-state index in [9.17, 15) is 0 Å². The first-order valence-corrected chi connectivity index (χ1v) is 11.7. The van der Waals surface area contributed by atoms with Crippen LogP contribution in [0.4, 0.5) is 5.00 Å². The summed E-state index contributed by atoms with van der Waals surface area (Å²) in [5.41, 5.74) is 0. The van der Waals surface area contributed by atoms with Crippen LogP contribution in [-0.2, 0) is 0 Å². The lowest BCUT2D eigenvalue weighted by molar-refractivity contribution is 0.224. The van der Waals surface area contributed by atoms with E-state index in [1.54, 1.807) is 0 Å². The van der Waals surface area contributed by atoms with Gasteiger partial charge in [-0.05, 0) is 75.7 Å². The molecule has 2 aliphatic rings. The van der Waals surface area contributed by atoms with Crippen LogP contribution >= 0.6 is 11.3 Å². The average Bonchev–Trinajstić information content (AvgIpc) is 3.26. The highest BCUT2D eigenvalue weighted by atomic mass is 32.1. The number of hydrogen-bond donors (Lipinski definition) is 2. The lowest BCUT2D eigenvalue weighted by atomic mass is 10.1. The van der Waals surface area contributed by atoms with Gasteiger partial charge in [-0.2, -0.15) is 0 Å². The number of likely N-dealkylation sites (tertiary alicyclic amines) is 1. The number of rotatable bonds is 8. The molecule has 2 N–H and O–H groups in total. The minimum atomic E-state index is 0.534. The maximum absolute atomic E-state index is 4.42. The molecule has 0 spiro atoms. The highest BCUT2D eigenvalue weighted by Crippen LogP contribution is 2.24. The molecule has 2 saturated heterocycles. The largest absolute Gasteiger partial charge is 0.363 e. The molecule has 0 aliphatic carbocycles. The zero-order chi connectivity index (χ0) is 18.7. The van der Waals surface area contributed by atoms with Crippen molar-refractivity contribution in [2.75, 3.05) is 51.2 Å². The van der Waals surface area contributed by atoms with Crippen LogP contribution in [0, 0.1) is 0 Å². The number of thiophene rings is 1. The summed E-state index contributed by atoms with van der Waals surface area (Å²) in [7, 11) is 1.88. The molecular formula is C21H37N5S. The van der Waals surface area contributed by atoms with E-state index in [1.807, 2.05) is 18.4 Å². The Balaban J connectivity index is 1.24. The first-order chi connectivity index (χ1) is 13.3. The van der Waals surface area contributed by atoms with Crippen LogP contribution in [0.25, 0.3) is 0 Å². The van der Waals surface area contributed by atoms with Crippen molar-refractivity contribution in [3.05, 3.63) is 17.5 Å². The van der Waals surface area contributed by atoms with Crippen molar-refractivity contribution in [1.82, 2.24) is 15.5 Å². The van der Waals surface area contributed by atoms with Crippen LogP contribution in [-0.4, -0.2) is 63.2 Å². The molecule has 0 amide bonds. The first-order valence-electron chi connectivity index (χ1n) is 10.8. The Morgan fingerprint density at radius 1 is 1.11 bits per heavy atom. The van der Waals surface area contributed by atoms with Gasteiger partial charge in [0.25, 0.3) is 0 Å². The van der Waals surface area contributed by atoms with Crippen molar-refractivity contribution in [3.63, 3.8) is 0 Å². The number of guanidine groups is 1.